The highest BCUT2D eigenvalue weighted by molar-refractivity contribution is 5.64. The minimum absolute atomic E-state index is 1.05. The molecule has 0 fully saturated rings. The van der Waals surface area contributed by atoms with Crippen molar-refractivity contribution < 1.29 is 0 Å². The lowest BCUT2D eigenvalue weighted by Crippen LogP contribution is -2.03. The molecular formula is C19H27N. The molecule has 0 N–H and O–H groups in total. The van der Waals surface area contributed by atoms with E-state index in [1.807, 2.05) is 24.3 Å². The maximum atomic E-state index is 3.78. The number of rotatable bonds is 8. The Morgan fingerprint density at radius 3 is 2.10 bits per heavy atom. The predicted octanol–water partition coefficient (Wildman–Crippen LogP) is 5.56. The van der Waals surface area contributed by atoms with E-state index in [-0.39, 0.29) is 0 Å². The quantitative estimate of drug-likeness (QED) is 0.545. The summed E-state index contributed by atoms with van der Waals surface area (Å²) in [5, 5.41) is 0. The Kier molecular flexibility index (Phi) is 6.86. The van der Waals surface area contributed by atoms with Crippen molar-refractivity contribution in [3.63, 3.8) is 0 Å². The summed E-state index contributed by atoms with van der Waals surface area (Å²) in [7, 11) is 0. The Morgan fingerprint density at radius 2 is 1.60 bits per heavy atom. The summed E-state index contributed by atoms with van der Waals surface area (Å²) in [6.45, 7) is 15.3. The molecule has 0 unspecified atom stereocenters. The third-order valence-corrected chi connectivity index (χ3v) is 3.60. The largest absolute Gasteiger partial charge is 0.341 e. The number of aromatic nitrogens is 1. The van der Waals surface area contributed by atoms with Crippen LogP contribution in [0.3, 0.4) is 0 Å². The van der Waals surface area contributed by atoms with Crippen LogP contribution >= 0.6 is 0 Å². The van der Waals surface area contributed by atoms with Crippen LogP contribution in [0.5, 0.6) is 0 Å². The Bertz CT molecular complexity index is 512. The lowest BCUT2D eigenvalue weighted by atomic mass is 10.1. The molecule has 1 heterocycles. The third-order valence-electron chi connectivity index (χ3n) is 3.60. The highest BCUT2D eigenvalue weighted by Gasteiger charge is 2.14. The molecule has 0 aromatic carbocycles. The fourth-order valence-electron chi connectivity index (χ4n) is 2.57. The molecule has 0 radical (unpaired) electrons. The Labute approximate surface area is 124 Å². The zero-order chi connectivity index (χ0) is 15.0. The van der Waals surface area contributed by atoms with Gasteiger partial charge in [-0.2, -0.15) is 0 Å². The molecule has 0 bridgehead atoms. The van der Waals surface area contributed by atoms with Gasteiger partial charge < -0.3 is 4.57 Å². The molecule has 1 aromatic rings. The van der Waals surface area contributed by atoms with Gasteiger partial charge in [-0.05, 0) is 43.0 Å². The Morgan fingerprint density at radius 1 is 1.00 bits per heavy atom. The van der Waals surface area contributed by atoms with Crippen LogP contribution in [0.25, 0.3) is 12.2 Å². The van der Waals surface area contributed by atoms with Gasteiger partial charge in [0, 0.05) is 17.9 Å². The summed E-state index contributed by atoms with van der Waals surface area (Å²) in [4.78, 5) is 0. The van der Waals surface area contributed by atoms with E-state index >= 15 is 0 Å². The zero-order valence-electron chi connectivity index (χ0n) is 13.2. The number of hydrogen-bond acceptors (Lipinski definition) is 0. The number of hydrogen-bond donors (Lipinski definition) is 0. The van der Waals surface area contributed by atoms with Crippen molar-refractivity contribution in [1.29, 1.82) is 0 Å². The standard InChI is InChI=1S/C19H27N/c1-6-10-13-18-16(5)17(9-4)19(14-11-7-2)20(18)15-12-8-3/h6-7,10-11,13-14H,1-2,8-9,12,15H2,3-5H3/b13-10-,14-11-. The van der Waals surface area contributed by atoms with Gasteiger partial charge in [0.15, 0.2) is 0 Å². The van der Waals surface area contributed by atoms with Crippen LogP contribution in [0, 0.1) is 6.92 Å². The number of nitrogens with zero attached hydrogens (tertiary/aromatic N) is 1. The molecule has 0 spiro atoms. The van der Waals surface area contributed by atoms with Crippen molar-refractivity contribution in [2.45, 2.75) is 46.6 Å². The van der Waals surface area contributed by atoms with Crippen molar-refractivity contribution in [3.05, 3.63) is 60.0 Å². The van der Waals surface area contributed by atoms with Gasteiger partial charge in [-0.15, -0.1) is 0 Å². The Hall–Kier alpha value is -1.76. The van der Waals surface area contributed by atoms with E-state index in [1.165, 1.54) is 35.4 Å². The van der Waals surface area contributed by atoms with Crippen LogP contribution in [0.1, 0.15) is 49.2 Å². The maximum Gasteiger partial charge on any atom is 0.0446 e. The molecule has 1 heteroatoms. The van der Waals surface area contributed by atoms with Crippen LogP contribution in [-0.4, -0.2) is 4.57 Å². The highest BCUT2D eigenvalue weighted by Crippen LogP contribution is 2.26. The van der Waals surface area contributed by atoms with Gasteiger partial charge in [0.1, 0.15) is 0 Å². The van der Waals surface area contributed by atoms with Crippen LogP contribution in [0.15, 0.2) is 37.5 Å². The van der Waals surface area contributed by atoms with Crippen LogP contribution in [0.2, 0.25) is 0 Å². The van der Waals surface area contributed by atoms with Crippen molar-refractivity contribution in [1.82, 2.24) is 4.57 Å². The maximum absolute atomic E-state index is 3.78. The smallest absolute Gasteiger partial charge is 0.0446 e. The first-order valence-corrected chi connectivity index (χ1v) is 7.51. The molecule has 0 aliphatic rings. The normalized spacial score (nSPS) is 11.6. The summed E-state index contributed by atoms with van der Waals surface area (Å²) in [5.41, 5.74) is 5.44. The average molecular weight is 269 g/mol. The second-order valence-electron chi connectivity index (χ2n) is 4.92. The van der Waals surface area contributed by atoms with E-state index in [4.69, 9.17) is 0 Å². The monoisotopic (exact) mass is 269 g/mol. The van der Waals surface area contributed by atoms with Crippen molar-refractivity contribution in [2.24, 2.45) is 0 Å². The van der Waals surface area contributed by atoms with Gasteiger partial charge in [0.05, 0.1) is 0 Å². The molecule has 0 aliphatic heterocycles. The molecule has 1 aromatic heterocycles. The summed E-state index contributed by atoms with van der Waals surface area (Å²) in [5.74, 6) is 0. The summed E-state index contributed by atoms with van der Waals surface area (Å²) < 4.78 is 2.43. The molecule has 0 amide bonds. The molecule has 0 saturated heterocycles. The van der Waals surface area contributed by atoms with Crippen molar-refractivity contribution in [2.75, 3.05) is 0 Å². The topological polar surface area (TPSA) is 4.93 Å². The van der Waals surface area contributed by atoms with E-state index in [0.29, 0.717) is 0 Å². The lowest BCUT2D eigenvalue weighted by molar-refractivity contribution is 0.625. The minimum atomic E-state index is 1.05. The summed E-state index contributed by atoms with van der Waals surface area (Å²) in [6.07, 6.45) is 15.5. The second kappa shape index (κ2) is 8.42. The first-order valence-electron chi connectivity index (χ1n) is 7.51. The summed E-state index contributed by atoms with van der Waals surface area (Å²) >= 11 is 0. The zero-order valence-corrected chi connectivity index (χ0v) is 13.2. The van der Waals surface area contributed by atoms with Crippen LogP contribution in [-0.2, 0) is 13.0 Å². The van der Waals surface area contributed by atoms with Gasteiger partial charge in [-0.3, -0.25) is 0 Å². The van der Waals surface area contributed by atoms with Gasteiger partial charge in [-0.1, -0.05) is 57.7 Å². The fraction of sp³-hybridized carbons (Fsp3) is 0.368. The van der Waals surface area contributed by atoms with Gasteiger partial charge >= 0.3 is 0 Å². The molecule has 0 aliphatic carbocycles. The first kappa shape index (κ1) is 16.3. The van der Waals surface area contributed by atoms with E-state index in [2.05, 4.69) is 50.6 Å². The molecule has 0 atom stereocenters. The van der Waals surface area contributed by atoms with Gasteiger partial charge in [0.2, 0.25) is 0 Å². The molecule has 1 rings (SSSR count). The molecule has 108 valence electrons. The number of allylic oxidation sites excluding steroid dienone is 4. The van der Waals surface area contributed by atoms with Crippen LogP contribution in [0.4, 0.5) is 0 Å². The fourth-order valence-corrected chi connectivity index (χ4v) is 2.57. The van der Waals surface area contributed by atoms with E-state index in [0.717, 1.165) is 13.0 Å². The SMILES string of the molecule is C=C/C=C\c1c(C)c(CC)c(/C=C\C=C)n1CCCC. The number of unbranched alkanes of at least 4 members (excludes halogenated alkanes) is 1. The van der Waals surface area contributed by atoms with Crippen molar-refractivity contribution >= 4 is 12.2 Å². The first-order chi connectivity index (χ1) is 9.71. The molecule has 1 nitrogen and oxygen atoms in total. The van der Waals surface area contributed by atoms with E-state index in [1.54, 1.807) is 0 Å². The molecule has 20 heavy (non-hydrogen) atoms. The van der Waals surface area contributed by atoms with Gasteiger partial charge in [-0.25, -0.2) is 0 Å². The van der Waals surface area contributed by atoms with Gasteiger partial charge in [0.25, 0.3) is 0 Å². The lowest BCUT2D eigenvalue weighted by Gasteiger charge is -2.10. The molecule has 0 saturated carbocycles. The highest BCUT2D eigenvalue weighted by atomic mass is 15.0. The molecular weight excluding hydrogens is 242 g/mol. The summed E-state index contributed by atoms with van der Waals surface area (Å²) in [6, 6.07) is 0. The Balaban J connectivity index is 3.43. The average Bonchev–Trinajstić information content (AvgIpc) is 2.71. The third kappa shape index (κ3) is 3.63. The van der Waals surface area contributed by atoms with E-state index < -0.39 is 0 Å². The second-order valence-corrected chi connectivity index (χ2v) is 4.92. The van der Waals surface area contributed by atoms with Crippen LogP contribution < -0.4 is 0 Å². The predicted molar refractivity (Wildman–Crippen MR) is 91.9 cm³/mol. The minimum Gasteiger partial charge on any atom is -0.341 e. The van der Waals surface area contributed by atoms with E-state index in [9.17, 15) is 0 Å². The van der Waals surface area contributed by atoms with Crippen molar-refractivity contribution in [3.8, 4) is 0 Å².